The summed E-state index contributed by atoms with van der Waals surface area (Å²) >= 11 is 0. The van der Waals surface area contributed by atoms with Crippen molar-refractivity contribution in [2.24, 2.45) is 5.73 Å². The van der Waals surface area contributed by atoms with E-state index in [1.165, 1.54) is 11.1 Å². The highest BCUT2D eigenvalue weighted by molar-refractivity contribution is 5.93. The molecule has 0 spiro atoms. The molecular weight excluding hydrogens is 352 g/mol. The lowest BCUT2D eigenvalue weighted by Gasteiger charge is -2.12. The van der Waals surface area contributed by atoms with Crippen LogP contribution in [0.2, 0.25) is 0 Å². The van der Waals surface area contributed by atoms with E-state index in [0.29, 0.717) is 24.5 Å². The third kappa shape index (κ3) is 4.56. The summed E-state index contributed by atoms with van der Waals surface area (Å²) in [7, 11) is 0. The highest BCUT2D eigenvalue weighted by Gasteiger charge is 2.08. The number of anilines is 3. The van der Waals surface area contributed by atoms with E-state index in [2.05, 4.69) is 40.5 Å². The number of hydrogen-bond donors (Lipinski definition) is 4. The number of benzene rings is 2. The first kappa shape index (κ1) is 19.2. The van der Waals surface area contributed by atoms with Crippen LogP contribution in [0.15, 0.2) is 48.5 Å². The number of nitrogens with two attached hydrogens (primary N) is 2. The largest absolute Gasteiger partial charge is 0.383 e. The lowest BCUT2D eigenvalue weighted by atomic mass is 10.0. The summed E-state index contributed by atoms with van der Waals surface area (Å²) in [5.41, 5.74) is 16.8. The number of hydrogen-bond acceptors (Lipinski definition) is 6. The number of rotatable bonds is 7. The van der Waals surface area contributed by atoms with Crippen molar-refractivity contribution in [2.75, 3.05) is 29.5 Å². The first-order valence-corrected chi connectivity index (χ1v) is 9.03. The Morgan fingerprint density at radius 3 is 2.43 bits per heavy atom. The SMILES string of the molecule is Cc1cccc(-c2cc(NCCNc3ccc(C(N)=O)cc3)nc(N)n2)c1C. The second-order valence-corrected chi connectivity index (χ2v) is 6.54. The van der Waals surface area contributed by atoms with Crippen LogP contribution in [-0.2, 0) is 0 Å². The first-order chi connectivity index (χ1) is 13.4. The maximum absolute atomic E-state index is 11.1. The molecule has 0 saturated heterocycles. The number of carbonyl (C=O) groups is 1. The van der Waals surface area contributed by atoms with Gasteiger partial charge in [0.25, 0.3) is 0 Å². The van der Waals surface area contributed by atoms with Crippen LogP contribution in [0.1, 0.15) is 21.5 Å². The highest BCUT2D eigenvalue weighted by Crippen LogP contribution is 2.25. The van der Waals surface area contributed by atoms with Gasteiger partial charge in [-0.05, 0) is 49.2 Å². The van der Waals surface area contributed by atoms with E-state index in [1.54, 1.807) is 12.1 Å². The lowest BCUT2D eigenvalue weighted by Crippen LogP contribution is -2.15. The van der Waals surface area contributed by atoms with Crippen molar-refractivity contribution in [3.8, 4) is 11.3 Å². The number of carbonyl (C=O) groups excluding carboxylic acids is 1. The van der Waals surface area contributed by atoms with Crippen LogP contribution in [0.3, 0.4) is 0 Å². The lowest BCUT2D eigenvalue weighted by molar-refractivity contribution is 0.100. The van der Waals surface area contributed by atoms with Crippen molar-refractivity contribution in [3.63, 3.8) is 0 Å². The predicted molar refractivity (Wildman–Crippen MR) is 113 cm³/mol. The maximum Gasteiger partial charge on any atom is 0.248 e. The van der Waals surface area contributed by atoms with Gasteiger partial charge in [0.2, 0.25) is 11.9 Å². The molecule has 7 heteroatoms. The number of amides is 1. The van der Waals surface area contributed by atoms with E-state index in [-0.39, 0.29) is 5.95 Å². The average molecular weight is 376 g/mol. The zero-order valence-corrected chi connectivity index (χ0v) is 16.0. The molecular formula is C21H24N6O. The number of aryl methyl sites for hydroxylation is 1. The fourth-order valence-corrected chi connectivity index (χ4v) is 2.87. The van der Waals surface area contributed by atoms with Crippen molar-refractivity contribution in [1.82, 2.24) is 9.97 Å². The van der Waals surface area contributed by atoms with Crippen LogP contribution in [-0.4, -0.2) is 29.0 Å². The fraction of sp³-hybridized carbons (Fsp3) is 0.190. The Morgan fingerprint density at radius 2 is 1.71 bits per heavy atom. The zero-order valence-electron chi connectivity index (χ0n) is 16.0. The minimum absolute atomic E-state index is 0.232. The van der Waals surface area contributed by atoms with Gasteiger partial charge in [-0.1, -0.05) is 18.2 Å². The average Bonchev–Trinajstić information content (AvgIpc) is 2.67. The summed E-state index contributed by atoms with van der Waals surface area (Å²) in [6, 6.07) is 15.0. The molecule has 144 valence electrons. The van der Waals surface area contributed by atoms with Gasteiger partial charge < -0.3 is 22.1 Å². The van der Waals surface area contributed by atoms with Crippen molar-refractivity contribution in [3.05, 3.63) is 65.2 Å². The van der Waals surface area contributed by atoms with Gasteiger partial charge in [0.15, 0.2) is 0 Å². The van der Waals surface area contributed by atoms with Gasteiger partial charge in [-0.25, -0.2) is 4.98 Å². The fourth-order valence-electron chi connectivity index (χ4n) is 2.87. The third-order valence-electron chi connectivity index (χ3n) is 4.55. The van der Waals surface area contributed by atoms with Gasteiger partial charge in [0.05, 0.1) is 5.69 Å². The molecule has 1 amide bonds. The van der Waals surface area contributed by atoms with Gasteiger partial charge in [0.1, 0.15) is 5.82 Å². The standard InChI is InChI=1S/C21H24N6O/c1-13-4-3-5-17(14(13)2)18-12-19(27-21(23)26-18)25-11-10-24-16-8-6-15(7-9-16)20(22)28/h3-9,12,24H,10-11H2,1-2H3,(H2,22,28)(H3,23,25,26,27). The molecule has 0 aliphatic rings. The van der Waals surface area contributed by atoms with Crippen molar-refractivity contribution in [2.45, 2.75) is 13.8 Å². The van der Waals surface area contributed by atoms with Crippen molar-refractivity contribution in [1.29, 1.82) is 0 Å². The monoisotopic (exact) mass is 376 g/mol. The zero-order chi connectivity index (χ0) is 20.1. The van der Waals surface area contributed by atoms with Crippen LogP contribution in [0.25, 0.3) is 11.3 Å². The molecule has 2 aromatic carbocycles. The third-order valence-corrected chi connectivity index (χ3v) is 4.55. The van der Waals surface area contributed by atoms with Crippen LogP contribution in [0.5, 0.6) is 0 Å². The molecule has 1 aromatic heterocycles. The smallest absolute Gasteiger partial charge is 0.248 e. The normalized spacial score (nSPS) is 10.5. The van der Waals surface area contributed by atoms with E-state index in [4.69, 9.17) is 11.5 Å². The molecule has 28 heavy (non-hydrogen) atoms. The van der Waals surface area contributed by atoms with Gasteiger partial charge in [-0.2, -0.15) is 4.98 Å². The van der Waals surface area contributed by atoms with Gasteiger partial charge >= 0.3 is 0 Å². The highest BCUT2D eigenvalue weighted by atomic mass is 16.1. The molecule has 0 saturated carbocycles. The molecule has 0 fully saturated rings. The number of nitrogen functional groups attached to an aromatic ring is 1. The molecule has 0 atom stereocenters. The van der Waals surface area contributed by atoms with Crippen molar-refractivity contribution >= 4 is 23.4 Å². The molecule has 0 radical (unpaired) electrons. The minimum Gasteiger partial charge on any atom is -0.383 e. The topological polar surface area (TPSA) is 119 Å². The minimum atomic E-state index is -0.436. The van der Waals surface area contributed by atoms with Gasteiger partial charge in [-0.15, -0.1) is 0 Å². The Morgan fingerprint density at radius 1 is 1.00 bits per heavy atom. The summed E-state index contributed by atoms with van der Waals surface area (Å²) in [6.07, 6.45) is 0. The van der Waals surface area contributed by atoms with E-state index >= 15 is 0 Å². The molecule has 0 aliphatic carbocycles. The number of aromatic nitrogens is 2. The quantitative estimate of drug-likeness (QED) is 0.471. The first-order valence-electron chi connectivity index (χ1n) is 9.03. The predicted octanol–water partition coefficient (Wildman–Crippen LogP) is 2.97. The van der Waals surface area contributed by atoms with Crippen molar-refractivity contribution < 1.29 is 4.79 Å². The Bertz CT molecular complexity index is 985. The summed E-state index contributed by atoms with van der Waals surface area (Å²) in [5.74, 6) is 0.472. The second kappa shape index (κ2) is 8.39. The van der Waals surface area contributed by atoms with E-state index in [0.717, 1.165) is 16.9 Å². The van der Waals surface area contributed by atoms with Crippen LogP contribution in [0, 0.1) is 13.8 Å². The molecule has 7 nitrogen and oxygen atoms in total. The summed E-state index contributed by atoms with van der Waals surface area (Å²) in [4.78, 5) is 19.7. The molecule has 1 heterocycles. The van der Waals surface area contributed by atoms with Crippen LogP contribution in [0.4, 0.5) is 17.5 Å². The van der Waals surface area contributed by atoms with E-state index < -0.39 is 5.91 Å². The van der Waals surface area contributed by atoms with Crippen LogP contribution >= 0.6 is 0 Å². The Hall–Kier alpha value is -3.61. The Kier molecular flexibility index (Phi) is 5.74. The molecule has 3 rings (SSSR count). The molecule has 0 bridgehead atoms. The number of nitrogens with zero attached hydrogens (tertiary/aromatic N) is 2. The van der Waals surface area contributed by atoms with Crippen LogP contribution < -0.4 is 22.1 Å². The van der Waals surface area contributed by atoms with E-state index in [1.807, 2.05) is 30.3 Å². The Labute approximate surface area is 164 Å². The summed E-state index contributed by atoms with van der Waals surface area (Å²) in [5, 5.41) is 6.53. The number of primary amides is 1. The Balaban J connectivity index is 1.62. The number of nitrogens with one attached hydrogen (secondary N) is 2. The molecule has 3 aromatic rings. The second-order valence-electron chi connectivity index (χ2n) is 6.54. The van der Waals surface area contributed by atoms with Gasteiger partial charge in [0, 0.05) is 36.0 Å². The molecule has 0 unspecified atom stereocenters. The maximum atomic E-state index is 11.1. The molecule has 0 aliphatic heterocycles. The van der Waals surface area contributed by atoms with E-state index in [9.17, 15) is 4.79 Å². The molecule has 6 N–H and O–H groups in total. The summed E-state index contributed by atoms with van der Waals surface area (Å²) < 4.78 is 0. The van der Waals surface area contributed by atoms with Gasteiger partial charge in [-0.3, -0.25) is 4.79 Å². The summed E-state index contributed by atoms with van der Waals surface area (Å²) in [6.45, 7) is 5.45.